The minimum atomic E-state index is -1.05. The lowest BCUT2D eigenvalue weighted by Crippen LogP contribution is -2.23. The predicted molar refractivity (Wildman–Crippen MR) is 63.2 cm³/mol. The average Bonchev–Trinajstić information content (AvgIpc) is 3.05. The lowest BCUT2D eigenvalue weighted by molar-refractivity contribution is -0.148. The summed E-state index contributed by atoms with van der Waals surface area (Å²) in [6.07, 6.45) is -0.0890. The summed E-state index contributed by atoms with van der Waals surface area (Å²) in [7, 11) is 0. The summed E-state index contributed by atoms with van der Waals surface area (Å²) in [6.45, 7) is 0. The molecule has 6 heteroatoms. The molecule has 1 fully saturated rings. The van der Waals surface area contributed by atoms with Crippen LogP contribution in [0.4, 0.5) is 0 Å². The van der Waals surface area contributed by atoms with E-state index in [1.54, 1.807) is 18.2 Å². The van der Waals surface area contributed by atoms with E-state index in [1.807, 2.05) is 0 Å². The highest BCUT2D eigenvalue weighted by Gasteiger charge is 2.56. The first-order valence-corrected chi connectivity index (χ1v) is 5.66. The Morgan fingerprint density at radius 3 is 2.56 bits per heavy atom. The van der Waals surface area contributed by atoms with Crippen molar-refractivity contribution in [3.05, 3.63) is 34.2 Å². The molecule has 0 spiro atoms. The van der Waals surface area contributed by atoms with Gasteiger partial charge in [-0.25, -0.2) is 4.79 Å². The molecule has 0 amide bonds. The van der Waals surface area contributed by atoms with Gasteiger partial charge >= 0.3 is 11.7 Å². The van der Waals surface area contributed by atoms with Crippen LogP contribution in [0.3, 0.4) is 0 Å². The molecule has 4 N–H and O–H groups in total. The van der Waals surface area contributed by atoms with Gasteiger partial charge in [0.25, 0.3) is 0 Å². The monoisotopic (exact) mass is 248 g/mol. The van der Waals surface area contributed by atoms with Gasteiger partial charge in [0.15, 0.2) is 0 Å². The Morgan fingerprint density at radius 1 is 1.28 bits per heavy atom. The van der Waals surface area contributed by atoms with E-state index in [-0.39, 0.29) is 5.69 Å². The predicted octanol–water partition coefficient (Wildman–Crippen LogP) is 0.754. The number of benzene rings is 1. The maximum Gasteiger partial charge on any atom is 0.323 e. The summed E-state index contributed by atoms with van der Waals surface area (Å²) >= 11 is 0. The number of fused-ring (bicyclic) bond motifs is 1. The third-order valence-electron chi connectivity index (χ3n) is 3.59. The molecule has 0 saturated heterocycles. The van der Waals surface area contributed by atoms with E-state index in [9.17, 15) is 14.7 Å². The molecule has 1 saturated carbocycles. The summed E-state index contributed by atoms with van der Waals surface area (Å²) < 4.78 is 0. The highest BCUT2D eigenvalue weighted by atomic mass is 16.4. The first kappa shape index (κ1) is 11.0. The van der Waals surface area contributed by atoms with Gasteiger partial charge in [-0.2, -0.15) is 0 Å². The Labute approximate surface area is 101 Å². The zero-order valence-electron chi connectivity index (χ0n) is 9.43. The first-order chi connectivity index (χ1) is 8.53. The molecule has 6 nitrogen and oxygen atoms in total. The van der Waals surface area contributed by atoms with Crippen molar-refractivity contribution < 1.29 is 15.0 Å². The maximum atomic E-state index is 11.1. The van der Waals surface area contributed by atoms with Crippen molar-refractivity contribution in [3.63, 3.8) is 0 Å². The van der Waals surface area contributed by atoms with E-state index in [0.29, 0.717) is 29.4 Å². The molecule has 1 aliphatic carbocycles. The number of carboxylic acids is 1. The van der Waals surface area contributed by atoms with Crippen molar-refractivity contribution >= 4 is 17.0 Å². The fourth-order valence-electron chi connectivity index (χ4n) is 2.28. The first-order valence-electron chi connectivity index (χ1n) is 5.66. The Hall–Kier alpha value is -2.08. The number of aliphatic hydroxyl groups is 1. The van der Waals surface area contributed by atoms with Gasteiger partial charge in [0, 0.05) is 0 Å². The normalized spacial score (nSPS) is 18.7. The number of aliphatic hydroxyl groups excluding tert-OH is 1. The molecule has 0 bridgehead atoms. The summed E-state index contributed by atoms with van der Waals surface area (Å²) in [4.78, 5) is 27.4. The maximum absolute atomic E-state index is 11.1. The Bertz CT molecular complexity index is 681. The van der Waals surface area contributed by atoms with Crippen molar-refractivity contribution in [3.8, 4) is 0 Å². The van der Waals surface area contributed by atoms with Crippen LogP contribution in [0, 0.1) is 5.41 Å². The topological polar surface area (TPSA) is 106 Å². The van der Waals surface area contributed by atoms with Gasteiger partial charge in [-0.05, 0) is 30.5 Å². The number of aliphatic carboxylic acids is 1. The molecule has 1 atom stereocenters. The van der Waals surface area contributed by atoms with Gasteiger partial charge in [0.2, 0.25) is 0 Å². The highest BCUT2D eigenvalue weighted by molar-refractivity contribution is 5.80. The number of aromatic amines is 2. The van der Waals surface area contributed by atoms with Crippen LogP contribution in [-0.4, -0.2) is 26.2 Å². The molecule has 2 aromatic rings. The molecule has 1 aromatic carbocycles. The van der Waals surface area contributed by atoms with Crippen molar-refractivity contribution in [1.82, 2.24) is 9.97 Å². The molecule has 0 radical (unpaired) electrons. The van der Waals surface area contributed by atoms with E-state index in [1.165, 1.54) is 0 Å². The molecule has 94 valence electrons. The quantitative estimate of drug-likeness (QED) is 0.643. The number of aromatic nitrogens is 2. The summed E-state index contributed by atoms with van der Waals surface area (Å²) in [5.41, 5.74) is 0.340. The van der Waals surface area contributed by atoms with Gasteiger partial charge in [0.1, 0.15) is 0 Å². The minimum absolute atomic E-state index is 0.323. The molecule has 18 heavy (non-hydrogen) atoms. The van der Waals surface area contributed by atoms with Gasteiger partial charge in [-0.15, -0.1) is 0 Å². The molecular formula is C12H12N2O4. The Morgan fingerprint density at radius 2 is 1.94 bits per heavy atom. The lowest BCUT2D eigenvalue weighted by atomic mass is 9.93. The third-order valence-corrected chi connectivity index (χ3v) is 3.59. The average molecular weight is 248 g/mol. The summed E-state index contributed by atoms with van der Waals surface area (Å²) in [5, 5.41) is 19.3. The van der Waals surface area contributed by atoms with Crippen molar-refractivity contribution in [2.75, 3.05) is 0 Å². The molecule has 0 aliphatic heterocycles. The number of imidazole rings is 1. The number of H-pyrrole nitrogens is 2. The lowest BCUT2D eigenvalue weighted by Gasteiger charge is -2.18. The highest BCUT2D eigenvalue weighted by Crippen LogP contribution is 2.55. The second-order valence-electron chi connectivity index (χ2n) is 4.75. The minimum Gasteiger partial charge on any atom is -0.481 e. The van der Waals surface area contributed by atoms with Crippen molar-refractivity contribution in [1.29, 1.82) is 0 Å². The number of hydrogen-bond acceptors (Lipinski definition) is 3. The van der Waals surface area contributed by atoms with Crippen LogP contribution in [0.1, 0.15) is 24.5 Å². The fraction of sp³-hybridized carbons (Fsp3) is 0.333. The van der Waals surface area contributed by atoms with Crippen LogP contribution >= 0.6 is 0 Å². The number of nitrogens with one attached hydrogen (secondary N) is 2. The number of carbonyl (C=O) groups is 1. The SMILES string of the molecule is O=C(O)C1(C(O)c2ccc3[nH]c(=O)[nH]c3c2)CC1. The number of rotatable bonds is 3. The van der Waals surface area contributed by atoms with Crippen LogP contribution < -0.4 is 5.69 Å². The molecule has 1 heterocycles. The molecule has 3 rings (SSSR count). The van der Waals surface area contributed by atoms with Crippen LogP contribution in [0.15, 0.2) is 23.0 Å². The zero-order valence-corrected chi connectivity index (χ0v) is 9.43. The van der Waals surface area contributed by atoms with Gasteiger partial charge in [-0.1, -0.05) is 6.07 Å². The van der Waals surface area contributed by atoms with Crippen LogP contribution in [-0.2, 0) is 4.79 Å². The Kier molecular flexibility index (Phi) is 2.12. The van der Waals surface area contributed by atoms with Crippen LogP contribution in [0.25, 0.3) is 11.0 Å². The van der Waals surface area contributed by atoms with E-state index in [0.717, 1.165) is 0 Å². The molecule has 1 aliphatic rings. The molecule has 1 unspecified atom stereocenters. The second-order valence-corrected chi connectivity index (χ2v) is 4.75. The number of hydrogen-bond donors (Lipinski definition) is 4. The second kappa shape index (κ2) is 3.46. The van der Waals surface area contributed by atoms with Crippen LogP contribution in [0.2, 0.25) is 0 Å². The van der Waals surface area contributed by atoms with E-state index >= 15 is 0 Å². The van der Waals surface area contributed by atoms with Gasteiger partial charge in [-0.3, -0.25) is 4.79 Å². The third kappa shape index (κ3) is 1.46. The van der Waals surface area contributed by atoms with E-state index < -0.39 is 17.5 Å². The van der Waals surface area contributed by atoms with E-state index in [4.69, 9.17) is 5.11 Å². The summed E-state index contributed by atoms with van der Waals surface area (Å²) in [5.74, 6) is -0.974. The zero-order chi connectivity index (χ0) is 12.9. The smallest absolute Gasteiger partial charge is 0.323 e. The summed E-state index contributed by atoms with van der Waals surface area (Å²) in [6, 6.07) is 4.91. The van der Waals surface area contributed by atoms with E-state index in [2.05, 4.69) is 9.97 Å². The Balaban J connectivity index is 2.04. The van der Waals surface area contributed by atoms with Crippen molar-refractivity contribution in [2.24, 2.45) is 5.41 Å². The number of carboxylic acid groups (broad SMARTS) is 1. The standard InChI is InChI=1S/C12H12N2O4/c15-9(12(3-4-12)10(16)17)6-1-2-7-8(5-6)14-11(18)13-7/h1-2,5,9,15H,3-4H2,(H,16,17)(H2,13,14,18). The van der Waals surface area contributed by atoms with Crippen LogP contribution in [0.5, 0.6) is 0 Å². The van der Waals surface area contributed by atoms with Gasteiger partial charge in [0.05, 0.1) is 22.6 Å². The van der Waals surface area contributed by atoms with Gasteiger partial charge < -0.3 is 20.2 Å². The van der Waals surface area contributed by atoms with Crippen molar-refractivity contribution in [2.45, 2.75) is 18.9 Å². The molecular weight excluding hydrogens is 236 g/mol. The largest absolute Gasteiger partial charge is 0.481 e. The molecule has 1 aromatic heterocycles. The fourth-order valence-corrected chi connectivity index (χ4v) is 2.28.